The molecule has 0 spiro atoms. The second-order valence-electron chi connectivity index (χ2n) is 7.68. The van der Waals surface area contributed by atoms with Gasteiger partial charge in [0.15, 0.2) is 0 Å². The van der Waals surface area contributed by atoms with Crippen LogP contribution in [0, 0.1) is 0 Å². The van der Waals surface area contributed by atoms with Gasteiger partial charge in [-0.15, -0.1) is 0 Å². The fourth-order valence-electron chi connectivity index (χ4n) is 3.19. The second-order valence-corrected chi connectivity index (χ2v) is 7.68. The van der Waals surface area contributed by atoms with Gasteiger partial charge in [0.25, 0.3) is 0 Å². The molecule has 3 heteroatoms. The lowest BCUT2D eigenvalue weighted by Crippen LogP contribution is -2.19. The molecule has 0 heterocycles. The van der Waals surface area contributed by atoms with E-state index in [4.69, 9.17) is 0 Å². The fraction of sp³-hybridized carbons (Fsp3) is 0.231. The summed E-state index contributed by atoms with van der Waals surface area (Å²) in [4.78, 5) is 4.24. The Morgan fingerprint density at radius 1 is 0.724 bits per heavy atom. The number of anilines is 2. The molecule has 3 nitrogen and oxygen atoms in total. The largest absolute Gasteiger partial charge is 0.378 e. The number of hydrogen-bond donors (Lipinski definition) is 1. The first-order valence-corrected chi connectivity index (χ1v) is 10.0. The quantitative estimate of drug-likeness (QED) is 0.563. The molecular formula is C26H31N3. The highest BCUT2D eigenvalue weighted by Crippen LogP contribution is 2.21. The number of nitrogens with one attached hydrogen (secondary N) is 1. The maximum atomic E-state index is 3.69. The maximum Gasteiger partial charge on any atom is 0.0512 e. The van der Waals surface area contributed by atoms with Crippen molar-refractivity contribution in [3.63, 3.8) is 0 Å². The summed E-state index contributed by atoms with van der Waals surface area (Å²) in [6.07, 6.45) is 4.44. The molecule has 0 aromatic heterocycles. The van der Waals surface area contributed by atoms with E-state index in [1.807, 2.05) is 0 Å². The third-order valence-corrected chi connectivity index (χ3v) is 5.03. The smallest absolute Gasteiger partial charge is 0.0512 e. The van der Waals surface area contributed by atoms with E-state index in [0.29, 0.717) is 0 Å². The molecule has 0 amide bonds. The Kier molecular flexibility index (Phi) is 7.09. The molecule has 0 aliphatic heterocycles. The Bertz CT molecular complexity index is 895. The SMILES string of the molecule is CN(C)c1ccc(/C=C/C(NCc2ccccc2)c2ccc(N(C)C)cc2)cc1. The zero-order chi connectivity index (χ0) is 20.6. The third-order valence-electron chi connectivity index (χ3n) is 5.03. The summed E-state index contributed by atoms with van der Waals surface area (Å²) in [5, 5.41) is 3.69. The zero-order valence-corrected chi connectivity index (χ0v) is 17.8. The summed E-state index contributed by atoms with van der Waals surface area (Å²) < 4.78 is 0. The molecule has 3 aromatic carbocycles. The van der Waals surface area contributed by atoms with Crippen molar-refractivity contribution in [2.45, 2.75) is 12.6 Å². The minimum atomic E-state index is 0.139. The first-order chi connectivity index (χ1) is 14.0. The van der Waals surface area contributed by atoms with Gasteiger partial charge in [0.2, 0.25) is 0 Å². The van der Waals surface area contributed by atoms with Crippen molar-refractivity contribution >= 4 is 17.5 Å². The zero-order valence-electron chi connectivity index (χ0n) is 17.8. The molecule has 0 saturated carbocycles. The molecule has 0 radical (unpaired) electrons. The Morgan fingerprint density at radius 3 is 1.83 bits per heavy atom. The van der Waals surface area contributed by atoms with Crippen molar-refractivity contribution in [2.24, 2.45) is 0 Å². The molecule has 3 aromatic rings. The van der Waals surface area contributed by atoms with Gasteiger partial charge in [-0.2, -0.15) is 0 Å². The average Bonchev–Trinajstić information content (AvgIpc) is 2.75. The van der Waals surface area contributed by atoms with Crippen molar-refractivity contribution in [1.29, 1.82) is 0 Å². The lowest BCUT2D eigenvalue weighted by atomic mass is 10.0. The summed E-state index contributed by atoms with van der Waals surface area (Å²) in [6, 6.07) is 28.1. The van der Waals surface area contributed by atoms with E-state index < -0.39 is 0 Å². The van der Waals surface area contributed by atoms with Gasteiger partial charge in [-0.25, -0.2) is 0 Å². The maximum absolute atomic E-state index is 3.69. The van der Waals surface area contributed by atoms with Crippen molar-refractivity contribution < 1.29 is 0 Å². The fourth-order valence-corrected chi connectivity index (χ4v) is 3.19. The van der Waals surface area contributed by atoms with Gasteiger partial charge in [0.05, 0.1) is 6.04 Å². The first kappa shape index (κ1) is 20.7. The normalized spacial score (nSPS) is 12.1. The molecule has 0 fully saturated rings. The second kappa shape index (κ2) is 9.94. The van der Waals surface area contributed by atoms with E-state index in [-0.39, 0.29) is 6.04 Å². The summed E-state index contributed by atoms with van der Waals surface area (Å²) in [5.74, 6) is 0. The van der Waals surface area contributed by atoms with Crippen LogP contribution in [0.15, 0.2) is 84.9 Å². The minimum absolute atomic E-state index is 0.139. The van der Waals surface area contributed by atoms with Crippen LogP contribution >= 0.6 is 0 Å². The molecule has 0 aliphatic carbocycles. The van der Waals surface area contributed by atoms with Gasteiger partial charge < -0.3 is 15.1 Å². The van der Waals surface area contributed by atoms with Crippen LogP contribution in [0.2, 0.25) is 0 Å². The van der Waals surface area contributed by atoms with E-state index >= 15 is 0 Å². The van der Waals surface area contributed by atoms with Gasteiger partial charge in [-0.3, -0.25) is 0 Å². The highest BCUT2D eigenvalue weighted by molar-refractivity contribution is 5.56. The van der Waals surface area contributed by atoms with E-state index in [1.54, 1.807) is 0 Å². The lowest BCUT2D eigenvalue weighted by molar-refractivity contribution is 0.623. The molecule has 0 aliphatic rings. The van der Waals surface area contributed by atoms with Gasteiger partial charge in [0, 0.05) is 46.1 Å². The van der Waals surface area contributed by atoms with Gasteiger partial charge in [0.1, 0.15) is 0 Å². The van der Waals surface area contributed by atoms with E-state index in [9.17, 15) is 0 Å². The molecule has 1 unspecified atom stereocenters. The van der Waals surface area contributed by atoms with Crippen molar-refractivity contribution in [3.8, 4) is 0 Å². The first-order valence-electron chi connectivity index (χ1n) is 10.0. The average molecular weight is 386 g/mol. The predicted molar refractivity (Wildman–Crippen MR) is 127 cm³/mol. The van der Waals surface area contributed by atoms with Gasteiger partial charge >= 0.3 is 0 Å². The van der Waals surface area contributed by atoms with Crippen LogP contribution in [0.25, 0.3) is 6.08 Å². The lowest BCUT2D eigenvalue weighted by Gasteiger charge is -2.18. The molecular weight excluding hydrogens is 354 g/mol. The molecule has 1 atom stereocenters. The molecule has 29 heavy (non-hydrogen) atoms. The molecule has 0 saturated heterocycles. The third kappa shape index (κ3) is 5.97. The summed E-state index contributed by atoms with van der Waals surface area (Å²) >= 11 is 0. The van der Waals surface area contributed by atoms with Crippen LogP contribution in [-0.2, 0) is 6.54 Å². The van der Waals surface area contributed by atoms with E-state index in [1.165, 1.54) is 28.1 Å². The Hall–Kier alpha value is -3.04. The van der Waals surface area contributed by atoms with Crippen LogP contribution in [0.3, 0.4) is 0 Å². The topological polar surface area (TPSA) is 18.5 Å². The van der Waals surface area contributed by atoms with Crippen LogP contribution in [0.1, 0.15) is 22.7 Å². The van der Waals surface area contributed by atoms with Crippen molar-refractivity contribution in [3.05, 3.63) is 102 Å². The van der Waals surface area contributed by atoms with E-state index in [0.717, 1.165) is 6.54 Å². The molecule has 150 valence electrons. The van der Waals surface area contributed by atoms with Crippen molar-refractivity contribution in [2.75, 3.05) is 38.0 Å². The van der Waals surface area contributed by atoms with Gasteiger partial charge in [-0.05, 0) is 41.0 Å². The Morgan fingerprint density at radius 2 is 1.28 bits per heavy atom. The summed E-state index contributed by atoms with van der Waals surface area (Å²) in [7, 11) is 8.26. The van der Waals surface area contributed by atoms with Crippen LogP contribution in [0.5, 0.6) is 0 Å². The minimum Gasteiger partial charge on any atom is -0.378 e. The van der Waals surface area contributed by atoms with Crippen LogP contribution in [0.4, 0.5) is 11.4 Å². The molecule has 3 rings (SSSR count). The highest BCUT2D eigenvalue weighted by atomic mass is 15.1. The van der Waals surface area contributed by atoms with Crippen molar-refractivity contribution in [1.82, 2.24) is 5.32 Å². The number of hydrogen-bond acceptors (Lipinski definition) is 3. The Labute approximate surface area is 175 Å². The summed E-state index contributed by atoms with van der Waals surface area (Å²) in [5.41, 5.74) is 6.16. The molecule has 0 bridgehead atoms. The summed E-state index contributed by atoms with van der Waals surface area (Å²) in [6.45, 7) is 0.824. The monoisotopic (exact) mass is 385 g/mol. The van der Waals surface area contributed by atoms with Crippen LogP contribution < -0.4 is 15.1 Å². The standard InChI is InChI=1S/C26H31N3/c1-28(2)24-15-10-21(11-16-24)12-19-26(27-20-22-8-6-5-7-9-22)23-13-17-25(18-14-23)29(3)4/h5-19,26-27H,20H2,1-4H3/b19-12+. The predicted octanol–water partition coefficient (Wildman–Crippen LogP) is 5.36. The number of nitrogens with zero attached hydrogens (tertiary/aromatic N) is 2. The number of benzene rings is 3. The highest BCUT2D eigenvalue weighted by Gasteiger charge is 2.08. The van der Waals surface area contributed by atoms with E-state index in [2.05, 4.69) is 134 Å². The van der Waals surface area contributed by atoms with Gasteiger partial charge in [-0.1, -0.05) is 66.7 Å². The Balaban J connectivity index is 1.79. The number of rotatable bonds is 8. The molecule has 1 N–H and O–H groups in total. The van der Waals surface area contributed by atoms with Crippen LogP contribution in [-0.4, -0.2) is 28.2 Å².